The third kappa shape index (κ3) is 3.70. The Labute approximate surface area is 130 Å². The minimum Gasteiger partial charge on any atom is -0.339 e. The zero-order chi connectivity index (χ0) is 15.4. The lowest BCUT2D eigenvalue weighted by Gasteiger charge is -2.01. The van der Waals surface area contributed by atoms with E-state index in [1.165, 1.54) is 23.9 Å². The highest BCUT2D eigenvalue weighted by molar-refractivity contribution is 8.14. The molecule has 1 aromatic carbocycles. The van der Waals surface area contributed by atoms with Gasteiger partial charge in [-0.1, -0.05) is 16.9 Å². The smallest absolute Gasteiger partial charge is 0.227 e. The van der Waals surface area contributed by atoms with Crippen molar-refractivity contribution in [2.24, 2.45) is 4.99 Å². The highest BCUT2D eigenvalue weighted by Gasteiger charge is 2.13. The second-order valence-corrected chi connectivity index (χ2v) is 5.69. The van der Waals surface area contributed by atoms with E-state index in [0.29, 0.717) is 28.9 Å². The van der Waals surface area contributed by atoms with E-state index in [4.69, 9.17) is 4.52 Å². The number of amides is 1. The number of nitrogens with zero attached hydrogens (tertiary/aromatic N) is 3. The summed E-state index contributed by atoms with van der Waals surface area (Å²) in [6.45, 7) is 0.741. The molecule has 0 spiro atoms. The van der Waals surface area contributed by atoms with Gasteiger partial charge in [0, 0.05) is 24.2 Å². The van der Waals surface area contributed by atoms with Gasteiger partial charge in [-0.3, -0.25) is 9.79 Å². The van der Waals surface area contributed by atoms with E-state index in [9.17, 15) is 9.18 Å². The standard InChI is InChI=1S/C14H13FN4O2S/c15-10-3-1-9(2-4-10)13-18-12(21-19-13)6-5-11(20)17-14-16-7-8-22-14/h1-4H,5-8H2,(H,16,17,20). The third-order valence-electron chi connectivity index (χ3n) is 2.97. The third-order valence-corrected chi connectivity index (χ3v) is 3.86. The zero-order valence-electron chi connectivity index (χ0n) is 11.6. The van der Waals surface area contributed by atoms with Gasteiger partial charge in [0.25, 0.3) is 0 Å². The van der Waals surface area contributed by atoms with E-state index in [1.54, 1.807) is 12.1 Å². The first kappa shape index (κ1) is 14.7. The lowest BCUT2D eigenvalue weighted by atomic mass is 10.2. The minimum absolute atomic E-state index is 0.130. The summed E-state index contributed by atoms with van der Waals surface area (Å²) in [5, 5.41) is 7.23. The molecule has 0 saturated heterocycles. The molecule has 2 aromatic rings. The lowest BCUT2D eigenvalue weighted by Crippen LogP contribution is -2.27. The predicted octanol–water partition coefficient (Wildman–Crippen LogP) is 2.03. The van der Waals surface area contributed by atoms with Gasteiger partial charge < -0.3 is 9.84 Å². The number of nitrogens with one attached hydrogen (secondary N) is 1. The number of aryl methyl sites for hydroxylation is 1. The van der Waals surface area contributed by atoms with Crippen LogP contribution in [0.4, 0.5) is 4.39 Å². The van der Waals surface area contributed by atoms with Crippen molar-refractivity contribution in [3.63, 3.8) is 0 Å². The van der Waals surface area contributed by atoms with E-state index in [2.05, 4.69) is 20.4 Å². The fourth-order valence-corrected chi connectivity index (χ4v) is 2.63. The molecule has 1 N–H and O–H groups in total. The van der Waals surface area contributed by atoms with Crippen LogP contribution < -0.4 is 5.32 Å². The highest BCUT2D eigenvalue weighted by atomic mass is 32.2. The van der Waals surface area contributed by atoms with Crippen LogP contribution in [0.2, 0.25) is 0 Å². The van der Waals surface area contributed by atoms with Crippen molar-refractivity contribution >= 4 is 22.8 Å². The average Bonchev–Trinajstić information content (AvgIpc) is 3.17. The van der Waals surface area contributed by atoms with Gasteiger partial charge in [-0.05, 0) is 24.3 Å². The van der Waals surface area contributed by atoms with Crippen LogP contribution in [0.15, 0.2) is 33.8 Å². The SMILES string of the molecule is O=C(CCc1nc(-c2ccc(F)cc2)no1)NC1=NCCS1. The summed E-state index contributed by atoms with van der Waals surface area (Å²) in [5.41, 5.74) is 0.664. The molecule has 2 heterocycles. The number of amidine groups is 1. The summed E-state index contributed by atoms with van der Waals surface area (Å²) in [6.07, 6.45) is 0.586. The van der Waals surface area contributed by atoms with Gasteiger partial charge in [0.05, 0.1) is 6.54 Å². The number of halogens is 1. The van der Waals surface area contributed by atoms with Gasteiger partial charge in [0.2, 0.25) is 17.6 Å². The number of carbonyl (C=O) groups is 1. The normalized spacial score (nSPS) is 14.0. The van der Waals surface area contributed by atoms with E-state index in [1.807, 2.05) is 0 Å². The summed E-state index contributed by atoms with van der Waals surface area (Å²) in [5.74, 6) is 1.20. The topological polar surface area (TPSA) is 80.4 Å². The van der Waals surface area contributed by atoms with Crippen molar-refractivity contribution in [2.75, 3.05) is 12.3 Å². The van der Waals surface area contributed by atoms with Crippen molar-refractivity contribution < 1.29 is 13.7 Å². The first-order valence-electron chi connectivity index (χ1n) is 6.76. The Kier molecular flexibility index (Phi) is 4.47. The van der Waals surface area contributed by atoms with Gasteiger partial charge >= 0.3 is 0 Å². The monoisotopic (exact) mass is 320 g/mol. The molecule has 22 heavy (non-hydrogen) atoms. The van der Waals surface area contributed by atoms with Crippen molar-refractivity contribution in [1.82, 2.24) is 15.5 Å². The lowest BCUT2D eigenvalue weighted by molar-refractivity contribution is -0.119. The molecule has 0 bridgehead atoms. The van der Waals surface area contributed by atoms with Gasteiger partial charge in [-0.25, -0.2) is 4.39 Å². The Bertz CT molecular complexity index is 699. The Morgan fingerprint density at radius 1 is 1.36 bits per heavy atom. The van der Waals surface area contributed by atoms with Gasteiger partial charge in [0.1, 0.15) is 5.82 Å². The molecule has 0 aliphatic carbocycles. The summed E-state index contributed by atoms with van der Waals surface area (Å²) in [7, 11) is 0. The van der Waals surface area contributed by atoms with Crippen LogP contribution in [0, 0.1) is 5.82 Å². The van der Waals surface area contributed by atoms with Crippen molar-refractivity contribution in [1.29, 1.82) is 0 Å². The van der Waals surface area contributed by atoms with E-state index < -0.39 is 0 Å². The van der Waals surface area contributed by atoms with Gasteiger partial charge in [0.15, 0.2) is 5.17 Å². The highest BCUT2D eigenvalue weighted by Crippen LogP contribution is 2.16. The van der Waals surface area contributed by atoms with Gasteiger partial charge in [-0.15, -0.1) is 0 Å². The molecule has 0 unspecified atom stereocenters. The number of benzene rings is 1. The van der Waals surface area contributed by atoms with Gasteiger partial charge in [-0.2, -0.15) is 4.98 Å². The zero-order valence-corrected chi connectivity index (χ0v) is 12.4. The Balaban J connectivity index is 1.55. The van der Waals surface area contributed by atoms with E-state index in [-0.39, 0.29) is 18.1 Å². The van der Waals surface area contributed by atoms with Crippen LogP contribution >= 0.6 is 11.8 Å². The number of aromatic nitrogens is 2. The number of aliphatic imine (C=N–C) groups is 1. The quantitative estimate of drug-likeness (QED) is 0.932. The first-order valence-corrected chi connectivity index (χ1v) is 7.75. The summed E-state index contributed by atoms with van der Waals surface area (Å²) >= 11 is 1.53. The van der Waals surface area contributed by atoms with Crippen LogP contribution in [0.25, 0.3) is 11.4 Å². The largest absolute Gasteiger partial charge is 0.339 e. The molecule has 3 rings (SSSR count). The summed E-state index contributed by atoms with van der Waals surface area (Å²) < 4.78 is 18.0. The molecule has 114 valence electrons. The van der Waals surface area contributed by atoms with Crippen LogP contribution in [-0.2, 0) is 11.2 Å². The van der Waals surface area contributed by atoms with Crippen molar-refractivity contribution in [3.05, 3.63) is 36.0 Å². The second-order valence-electron chi connectivity index (χ2n) is 4.60. The molecular weight excluding hydrogens is 307 g/mol. The Morgan fingerprint density at radius 2 is 2.18 bits per heavy atom. The number of hydrogen-bond acceptors (Lipinski definition) is 6. The molecule has 0 saturated carbocycles. The number of thioether (sulfide) groups is 1. The minimum atomic E-state index is -0.322. The molecule has 1 amide bonds. The number of hydrogen-bond donors (Lipinski definition) is 1. The maximum Gasteiger partial charge on any atom is 0.227 e. The Morgan fingerprint density at radius 3 is 2.91 bits per heavy atom. The molecule has 0 radical (unpaired) electrons. The molecule has 0 atom stereocenters. The molecule has 8 heteroatoms. The van der Waals surface area contributed by atoms with Crippen LogP contribution in [-0.4, -0.2) is 33.5 Å². The predicted molar refractivity (Wildman–Crippen MR) is 80.9 cm³/mol. The fraction of sp³-hybridized carbons (Fsp3) is 0.286. The molecule has 1 aromatic heterocycles. The molecule has 0 fully saturated rings. The maximum absolute atomic E-state index is 12.9. The van der Waals surface area contributed by atoms with Crippen LogP contribution in [0.1, 0.15) is 12.3 Å². The first-order chi connectivity index (χ1) is 10.7. The second kappa shape index (κ2) is 6.69. The van der Waals surface area contributed by atoms with E-state index >= 15 is 0 Å². The average molecular weight is 320 g/mol. The van der Waals surface area contributed by atoms with Crippen LogP contribution in [0.5, 0.6) is 0 Å². The van der Waals surface area contributed by atoms with Crippen molar-refractivity contribution in [3.8, 4) is 11.4 Å². The maximum atomic E-state index is 12.9. The molecule has 6 nitrogen and oxygen atoms in total. The summed E-state index contributed by atoms with van der Waals surface area (Å²) in [4.78, 5) is 20.1. The molecular formula is C14H13FN4O2S. The molecule has 1 aliphatic rings. The Hall–Kier alpha value is -2.22. The number of carbonyl (C=O) groups excluding carboxylic acids is 1. The molecule has 1 aliphatic heterocycles. The van der Waals surface area contributed by atoms with Crippen LogP contribution in [0.3, 0.4) is 0 Å². The number of rotatable bonds is 4. The van der Waals surface area contributed by atoms with Crippen molar-refractivity contribution in [2.45, 2.75) is 12.8 Å². The van der Waals surface area contributed by atoms with E-state index in [0.717, 1.165) is 12.3 Å². The summed E-state index contributed by atoms with van der Waals surface area (Å²) in [6, 6.07) is 5.82. The fourth-order valence-electron chi connectivity index (χ4n) is 1.89.